The summed E-state index contributed by atoms with van der Waals surface area (Å²) in [7, 11) is 0. The van der Waals surface area contributed by atoms with Crippen molar-refractivity contribution >= 4 is 33.3 Å². The Morgan fingerprint density at radius 2 is 1.97 bits per heavy atom. The van der Waals surface area contributed by atoms with Crippen LogP contribution < -0.4 is 15.1 Å². The molecule has 6 nitrogen and oxygen atoms in total. The Kier molecular flexibility index (Phi) is 4.89. The fourth-order valence-electron chi connectivity index (χ4n) is 3.77. The van der Waals surface area contributed by atoms with E-state index in [4.69, 9.17) is 0 Å². The van der Waals surface area contributed by atoms with Gasteiger partial charge in [-0.15, -0.1) is 11.3 Å². The number of thiophene rings is 1. The van der Waals surface area contributed by atoms with E-state index in [1.165, 1.54) is 17.0 Å². The van der Waals surface area contributed by atoms with Crippen molar-refractivity contribution in [3.63, 3.8) is 0 Å². The van der Waals surface area contributed by atoms with Gasteiger partial charge in [0.15, 0.2) is 6.54 Å². The molecule has 2 aliphatic rings. The molecule has 3 aromatic rings. The van der Waals surface area contributed by atoms with Gasteiger partial charge in [0, 0.05) is 10.9 Å². The van der Waals surface area contributed by atoms with Gasteiger partial charge in [0.2, 0.25) is 0 Å². The molecule has 0 radical (unpaired) electrons. The normalized spacial score (nSPS) is 17.6. The molecule has 0 unspecified atom stereocenters. The van der Waals surface area contributed by atoms with E-state index in [1.807, 2.05) is 6.07 Å². The van der Waals surface area contributed by atoms with Gasteiger partial charge >= 0.3 is 0 Å². The fraction of sp³-hybridized carbons (Fsp3) is 0.381. The predicted molar refractivity (Wildman–Crippen MR) is 112 cm³/mol. The monoisotopic (exact) mass is 412 g/mol. The number of rotatable bonds is 5. The number of aromatic nitrogens is 2. The molecule has 1 saturated carbocycles. The van der Waals surface area contributed by atoms with Crippen LogP contribution in [0.15, 0.2) is 36.7 Å². The Hall–Kier alpha value is -2.58. The highest BCUT2D eigenvalue weighted by molar-refractivity contribution is 7.22. The molecule has 1 aliphatic heterocycles. The van der Waals surface area contributed by atoms with E-state index >= 15 is 0 Å². The van der Waals surface area contributed by atoms with Crippen molar-refractivity contribution < 1.29 is 14.1 Å². The van der Waals surface area contributed by atoms with Gasteiger partial charge in [-0.3, -0.25) is 4.79 Å². The zero-order chi connectivity index (χ0) is 19.8. The third-order valence-corrected chi connectivity index (χ3v) is 6.71. The third-order valence-electron chi connectivity index (χ3n) is 5.54. The number of amides is 1. The van der Waals surface area contributed by atoms with E-state index in [1.54, 1.807) is 29.8 Å². The highest BCUT2D eigenvalue weighted by atomic mass is 32.1. The lowest BCUT2D eigenvalue weighted by atomic mass is 10.2. The minimum atomic E-state index is -0.235. The first-order valence-electron chi connectivity index (χ1n) is 10.0. The Balaban J connectivity index is 1.30. The number of hydrogen-bond donors (Lipinski definition) is 2. The first-order valence-corrected chi connectivity index (χ1v) is 10.9. The Morgan fingerprint density at radius 1 is 1.21 bits per heavy atom. The molecule has 0 bridgehead atoms. The minimum absolute atomic E-state index is 0.169. The molecular formula is C21H23FN5OS+. The average molecular weight is 413 g/mol. The van der Waals surface area contributed by atoms with Crippen LogP contribution in [0.2, 0.25) is 0 Å². The molecule has 1 aliphatic carbocycles. The first-order chi connectivity index (χ1) is 14.2. The lowest BCUT2D eigenvalue weighted by molar-refractivity contribution is -0.892. The van der Waals surface area contributed by atoms with Crippen LogP contribution in [0, 0.1) is 5.82 Å². The zero-order valence-electron chi connectivity index (χ0n) is 16.0. The van der Waals surface area contributed by atoms with E-state index in [-0.39, 0.29) is 11.7 Å². The molecule has 3 heterocycles. The van der Waals surface area contributed by atoms with E-state index in [2.05, 4.69) is 20.2 Å². The summed E-state index contributed by atoms with van der Waals surface area (Å²) in [5.41, 5.74) is 1.90. The molecule has 0 atom stereocenters. The van der Waals surface area contributed by atoms with Gasteiger partial charge in [-0.2, -0.15) is 0 Å². The average Bonchev–Trinajstić information content (AvgIpc) is 3.42. The molecule has 0 spiro atoms. The van der Waals surface area contributed by atoms with Gasteiger partial charge in [0.05, 0.1) is 36.4 Å². The molecular weight excluding hydrogens is 389 g/mol. The summed E-state index contributed by atoms with van der Waals surface area (Å²) in [6, 6.07) is 9.01. The van der Waals surface area contributed by atoms with Gasteiger partial charge in [-0.25, -0.2) is 14.4 Å². The number of nitrogens with zero attached hydrogens (tertiary/aromatic N) is 3. The second kappa shape index (κ2) is 7.68. The molecule has 1 aromatic carbocycles. The number of benzene rings is 1. The van der Waals surface area contributed by atoms with Crippen molar-refractivity contribution in [1.82, 2.24) is 15.3 Å². The molecule has 5 rings (SSSR count). The Morgan fingerprint density at radius 3 is 2.69 bits per heavy atom. The number of carbonyl (C=O) groups excluding carboxylic acids is 1. The zero-order valence-corrected chi connectivity index (χ0v) is 16.8. The number of fused-ring (bicyclic) bond motifs is 1. The number of halogens is 1. The summed E-state index contributed by atoms with van der Waals surface area (Å²) in [4.78, 5) is 25.7. The molecule has 2 aromatic heterocycles. The van der Waals surface area contributed by atoms with E-state index in [9.17, 15) is 9.18 Å². The molecule has 8 heteroatoms. The first kappa shape index (κ1) is 18.4. The van der Waals surface area contributed by atoms with Gasteiger partial charge in [-0.05, 0) is 36.6 Å². The topological polar surface area (TPSA) is 62.6 Å². The number of nitrogens with one attached hydrogen (secondary N) is 2. The van der Waals surface area contributed by atoms with Crippen LogP contribution in [0.5, 0.6) is 0 Å². The highest BCUT2D eigenvalue weighted by Crippen LogP contribution is 2.36. The van der Waals surface area contributed by atoms with Crippen LogP contribution in [-0.2, 0) is 4.79 Å². The summed E-state index contributed by atoms with van der Waals surface area (Å²) < 4.78 is 14.3. The van der Waals surface area contributed by atoms with Crippen molar-refractivity contribution in [2.24, 2.45) is 0 Å². The fourth-order valence-corrected chi connectivity index (χ4v) is 4.90. The maximum Gasteiger partial charge on any atom is 0.275 e. The maximum atomic E-state index is 13.2. The number of hydrogen-bond acceptors (Lipinski definition) is 5. The number of anilines is 1. The van der Waals surface area contributed by atoms with E-state index in [0.717, 1.165) is 65.5 Å². The summed E-state index contributed by atoms with van der Waals surface area (Å²) in [6.45, 7) is 4.11. The molecule has 1 saturated heterocycles. The van der Waals surface area contributed by atoms with Gasteiger partial charge in [0.1, 0.15) is 18.0 Å². The molecule has 2 N–H and O–H groups in total. The summed E-state index contributed by atoms with van der Waals surface area (Å²) in [5, 5.41) is 3.07. The number of carbonyl (C=O) groups is 1. The summed E-state index contributed by atoms with van der Waals surface area (Å²) >= 11 is 1.64. The lowest BCUT2D eigenvalue weighted by Crippen LogP contribution is -3.16. The van der Waals surface area contributed by atoms with E-state index in [0.29, 0.717) is 12.6 Å². The van der Waals surface area contributed by atoms with Crippen LogP contribution in [0.4, 0.5) is 10.2 Å². The largest absolute Gasteiger partial charge is 0.348 e. The second-order valence-corrected chi connectivity index (χ2v) is 8.84. The maximum absolute atomic E-state index is 13.2. The lowest BCUT2D eigenvalue weighted by Gasteiger charge is -2.32. The Bertz CT molecular complexity index is 1030. The van der Waals surface area contributed by atoms with Crippen LogP contribution >= 0.6 is 11.3 Å². The van der Waals surface area contributed by atoms with Crippen molar-refractivity contribution in [3.8, 4) is 10.4 Å². The van der Waals surface area contributed by atoms with Crippen LogP contribution in [0.25, 0.3) is 20.7 Å². The van der Waals surface area contributed by atoms with Crippen LogP contribution in [-0.4, -0.2) is 54.6 Å². The second-order valence-electron chi connectivity index (χ2n) is 7.78. The summed E-state index contributed by atoms with van der Waals surface area (Å²) in [6.07, 6.45) is 3.86. The van der Waals surface area contributed by atoms with Crippen molar-refractivity contribution in [2.45, 2.75) is 18.9 Å². The quantitative estimate of drug-likeness (QED) is 0.667. The van der Waals surface area contributed by atoms with Crippen LogP contribution in [0.1, 0.15) is 12.8 Å². The predicted octanol–water partition coefficient (Wildman–Crippen LogP) is 1.48. The SMILES string of the molecule is O=C(C[NH+]1CCN(c2ncnc3cc(-c4ccc(F)cc4)sc23)CC1)NC1CC1. The van der Waals surface area contributed by atoms with Gasteiger partial charge < -0.3 is 15.1 Å². The van der Waals surface area contributed by atoms with Gasteiger partial charge in [0.25, 0.3) is 5.91 Å². The molecule has 29 heavy (non-hydrogen) atoms. The molecule has 150 valence electrons. The molecule has 1 amide bonds. The van der Waals surface area contributed by atoms with Crippen molar-refractivity contribution in [3.05, 3.63) is 42.5 Å². The number of piperazine rings is 1. The summed E-state index contributed by atoms with van der Waals surface area (Å²) in [5.74, 6) is 0.888. The van der Waals surface area contributed by atoms with Gasteiger partial charge in [-0.1, -0.05) is 12.1 Å². The van der Waals surface area contributed by atoms with Crippen molar-refractivity contribution in [2.75, 3.05) is 37.6 Å². The smallest absolute Gasteiger partial charge is 0.275 e. The van der Waals surface area contributed by atoms with Crippen LogP contribution in [0.3, 0.4) is 0 Å². The number of quaternary nitrogens is 1. The van der Waals surface area contributed by atoms with Crippen molar-refractivity contribution in [1.29, 1.82) is 0 Å². The highest BCUT2D eigenvalue weighted by Gasteiger charge is 2.28. The minimum Gasteiger partial charge on any atom is -0.348 e. The van der Waals surface area contributed by atoms with E-state index < -0.39 is 0 Å². The molecule has 2 fully saturated rings. The Labute approximate surface area is 172 Å². The third kappa shape index (κ3) is 4.09. The standard InChI is InChI=1S/C21H22FN5OS/c22-15-3-1-14(2-4-15)18-11-17-20(29-18)21(24-13-23-17)27-9-7-26(8-10-27)12-19(28)25-16-5-6-16/h1-4,11,13,16H,5-10,12H2,(H,25,28)/p+1.